The predicted octanol–water partition coefficient (Wildman–Crippen LogP) is 9.40. The molecule has 5 unspecified atom stereocenters. The van der Waals surface area contributed by atoms with Gasteiger partial charge in [0.25, 0.3) is 0 Å². The summed E-state index contributed by atoms with van der Waals surface area (Å²) in [6, 6.07) is 0. The standard InChI is InChI=1S/C47H85O19P3/c1-3-5-7-9-11-13-15-17-19-20-22-24-26-28-30-32-34-36-41(49)63-39(37-61-40(48)35-33-31-29-27-25-23-21-18-16-14-12-10-8-6-4-2)38-62-69(59,60)66-45-42(50)43(51)46(64-67(53,54)55)47(44(45)52)65-68(56,57)58/h14,16-17,19,22,24,28,30,39,42-47,50-52H,3-13,15,18,20-21,23,25-27,29,31-38H2,1-2H3,(H,59,60)(H2,53,54,55)(H2,56,57,58)/t39-,42?,43?,44?,45+,46?,47+/m1/s1. The van der Waals surface area contributed by atoms with E-state index in [0.717, 1.165) is 64.2 Å². The first-order valence-corrected chi connectivity index (χ1v) is 29.5. The number of hydrogen-bond acceptors (Lipinski definition) is 14. The van der Waals surface area contributed by atoms with Gasteiger partial charge in [-0.25, -0.2) is 13.7 Å². The summed E-state index contributed by atoms with van der Waals surface area (Å²) in [7, 11) is -16.6. The minimum Gasteiger partial charge on any atom is -0.462 e. The van der Waals surface area contributed by atoms with E-state index in [1.165, 1.54) is 64.2 Å². The van der Waals surface area contributed by atoms with Gasteiger partial charge in [-0.1, -0.05) is 146 Å². The molecule has 1 aliphatic carbocycles. The smallest absolute Gasteiger partial charge is 0.462 e. The third-order valence-corrected chi connectivity index (χ3v) is 13.1. The van der Waals surface area contributed by atoms with Crippen molar-refractivity contribution in [1.29, 1.82) is 0 Å². The Hall–Kier alpha value is -1.89. The molecule has 8 N–H and O–H groups in total. The van der Waals surface area contributed by atoms with Crippen molar-refractivity contribution in [2.45, 2.75) is 224 Å². The van der Waals surface area contributed by atoms with Gasteiger partial charge in [-0.2, -0.15) is 0 Å². The van der Waals surface area contributed by atoms with Crippen molar-refractivity contribution in [1.82, 2.24) is 0 Å². The molecule has 8 atom stereocenters. The van der Waals surface area contributed by atoms with E-state index in [1.807, 2.05) is 12.2 Å². The van der Waals surface area contributed by atoms with Gasteiger partial charge in [0, 0.05) is 12.8 Å². The van der Waals surface area contributed by atoms with Gasteiger partial charge >= 0.3 is 35.4 Å². The van der Waals surface area contributed by atoms with Gasteiger partial charge in [-0.3, -0.25) is 27.7 Å². The number of aliphatic hydroxyl groups excluding tert-OH is 3. The summed E-state index contributed by atoms with van der Waals surface area (Å²) in [5.41, 5.74) is 0. The zero-order chi connectivity index (χ0) is 51.4. The molecule has 0 amide bonds. The summed E-state index contributed by atoms with van der Waals surface area (Å²) in [6.45, 7) is 2.89. The number of rotatable bonds is 42. The molecule has 0 aromatic heterocycles. The molecule has 22 heteroatoms. The Morgan fingerprint density at radius 2 is 0.855 bits per heavy atom. The average molecular weight is 1050 g/mol. The number of carbonyl (C=O) groups is 2. The summed E-state index contributed by atoms with van der Waals surface area (Å²) in [5.74, 6) is -1.36. The largest absolute Gasteiger partial charge is 0.472 e. The topological polar surface area (TPSA) is 303 Å². The molecule has 0 heterocycles. The number of esters is 2. The van der Waals surface area contributed by atoms with E-state index in [1.54, 1.807) is 0 Å². The molecule has 0 bridgehead atoms. The lowest BCUT2D eigenvalue weighted by atomic mass is 9.85. The first-order chi connectivity index (χ1) is 32.8. The molecule has 0 aromatic rings. The third kappa shape index (κ3) is 35.0. The molecule has 1 saturated carbocycles. The van der Waals surface area contributed by atoms with Crippen molar-refractivity contribution in [3.63, 3.8) is 0 Å². The van der Waals surface area contributed by atoms with Gasteiger partial charge in [-0.15, -0.1) is 0 Å². The fourth-order valence-electron chi connectivity index (χ4n) is 7.36. The van der Waals surface area contributed by atoms with Crippen molar-refractivity contribution in [3.8, 4) is 0 Å². The summed E-state index contributed by atoms with van der Waals surface area (Å²) in [6.07, 6.45) is 25.6. The molecule has 0 aromatic carbocycles. The lowest BCUT2D eigenvalue weighted by Gasteiger charge is -2.44. The molecule has 0 spiro atoms. The van der Waals surface area contributed by atoms with Gasteiger partial charge in [0.05, 0.1) is 6.61 Å². The zero-order valence-corrected chi connectivity index (χ0v) is 43.6. The molecule has 1 fully saturated rings. The Labute approximate surface area is 410 Å². The van der Waals surface area contributed by atoms with Gasteiger partial charge in [0.15, 0.2) is 6.10 Å². The molecule has 1 aliphatic rings. The highest BCUT2D eigenvalue weighted by molar-refractivity contribution is 7.47. The first kappa shape index (κ1) is 65.1. The van der Waals surface area contributed by atoms with Gasteiger partial charge in [0.1, 0.15) is 43.2 Å². The fourth-order valence-corrected chi connectivity index (χ4v) is 9.45. The Morgan fingerprint density at radius 3 is 1.36 bits per heavy atom. The fraction of sp³-hybridized carbons (Fsp3) is 0.787. The average Bonchev–Trinajstić information content (AvgIpc) is 3.28. The van der Waals surface area contributed by atoms with E-state index in [-0.39, 0.29) is 12.8 Å². The monoisotopic (exact) mass is 1050 g/mol. The second-order valence-corrected chi connectivity index (χ2v) is 21.2. The zero-order valence-electron chi connectivity index (χ0n) is 40.9. The molecule has 0 radical (unpaired) electrons. The van der Waals surface area contributed by atoms with Crippen LogP contribution in [0.4, 0.5) is 0 Å². The highest BCUT2D eigenvalue weighted by atomic mass is 31.2. The third-order valence-electron chi connectivity index (χ3n) is 11.1. The summed E-state index contributed by atoms with van der Waals surface area (Å²) in [4.78, 5) is 73.2. The molecule has 19 nitrogen and oxygen atoms in total. The van der Waals surface area contributed by atoms with Crippen LogP contribution in [0.2, 0.25) is 0 Å². The van der Waals surface area contributed by atoms with Crippen LogP contribution in [0.25, 0.3) is 0 Å². The Morgan fingerprint density at radius 1 is 0.464 bits per heavy atom. The molecular formula is C47H85O19P3. The van der Waals surface area contributed by atoms with Gasteiger partial charge in [0.2, 0.25) is 0 Å². The van der Waals surface area contributed by atoms with Crippen molar-refractivity contribution < 1.29 is 90.6 Å². The predicted molar refractivity (Wildman–Crippen MR) is 261 cm³/mol. The van der Waals surface area contributed by atoms with Crippen molar-refractivity contribution in [3.05, 3.63) is 48.6 Å². The Balaban J connectivity index is 2.75. The summed E-state index contributed by atoms with van der Waals surface area (Å²) in [5, 5.41) is 31.9. The van der Waals surface area contributed by atoms with Gasteiger partial charge < -0.3 is 49.3 Å². The van der Waals surface area contributed by atoms with Crippen LogP contribution >= 0.6 is 23.5 Å². The van der Waals surface area contributed by atoms with Gasteiger partial charge in [-0.05, 0) is 70.6 Å². The normalized spacial score (nSPS) is 21.7. The SMILES string of the molecule is CCCCCCC=CCCCCCCCCCC(=O)OC[C@H](COP(=O)(O)O[C@H]1C(O)C(O)C(OP(=O)(O)O)[C@@H](OP(=O)(O)O)C1O)OC(=O)CCCC=CCC=CCC=CCCCCCCCC. The molecule has 69 heavy (non-hydrogen) atoms. The van der Waals surface area contributed by atoms with Crippen molar-refractivity contribution in [2.24, 2.45) is 0 Å². The minimum atomic E-state index is -5.61. The second kappa shape index (κ2) is 38.7. The number of aliphatic hydroxyl groups is 3. The highest BCUT2D eigenvalue weighted by Gasteiger charge is 2.56. The second-order valence-electron chi connectivity index (χ2n) is 17.4. The van der Waals surface area contributed by atoms with E-state index in [2.05, 4.69) is 59.4 Å². The molecule has 1 rings (SSSR count). The Bertz CT molecular complexity index is 1630. The van der Waals surface area contributed by atoms with Crippen LogP contribution < -0.4 is 0 Å². The van der Waals surface area contributed by atoms with Crippen LogP contribution in [0.15, 0.2) is 48.6 Å². The van der Waals surface area contributed by atoms with Crippen molar-refractivity contribution in [2.75, 3.05) is 13.2 Å². The van der Waals surface area contributed by atoms with Crippen molar-refractivity contribution >= 4 is 35.4 Å². The quantitative estimate of drug-likeness (QED) is 0.0122. The van der Waals surface area contributed by atoms with E-state index in [4.69, 9.17) is 18.5 Å². The van der Waals surface area contributed by atoms with E-state index in [9.17, 15) is 63.1 Å². The van der Waals surface area contributed by atoms with Crippen LogP contribution in [0, 0.1) is 0 Å². The van der Waals surface area contributed by atoms with Crippen LogP contribution in [-0.2, 0) is 50.9 Å². The maximum absolute atomic E-state index is 13.1. The van der Waals surface area contributed by atoms with Crippen LogP contribution in [-0.4, -0.2) is 108 Å². The molecular weight excluding hydrogens is 961 g/mol. The summed E-state index contributed by atoms with van der Waals surface area (Å²) >= 11 is 0. The minimum absolute atomic E-state index is 0.0635. The lowest BCUT2D eigenvalue weighted by molar-refractivity contribution is -0.213. The number of unbranched alkanes of at least 4 members (excludes halogenated alkanes) is 18. The molecule has 0 aliphatic heterocycles. The number of hydrogen-bond donors (Lipinski definition) is 8. The highest BCUT2D eigenvalue weighted by Crippen LogP contribution is 2.51. The van der Waals surface area contributed by atoms with Crippen LogP contribution in [0.1, 0.15) is 181 Å². The number of carbonyl (C=O) groups excluding carboxylic acids is 2. The maximum atomic E-state index is 13.1. The number of allylic oxidation sites excluding steroid dienone is 8. The molecule has 0 saturated heterocycles. The molecule has 402 valence electrons. The first-order valence-electron chi connectivity index (χ1n) is 24.9. The van der Waals surface area contributed by atoms with E-state index in [0.29, 0.717) is 25.7 Å². The number of phosphoric acid groups is 3. The lowest BCUT2D eigenvalue weighted by Crippen LogP contribution is -2.65. The summed E-state index contributed by atoms with van der Waals surface area (Å²) < 4.78 is 65.5. The maximum Gasteiger partial charge on any atom is 0.472 e. The van der Waals surface area contributed by atoms with E-state index >= 15 is 0 Å². The number of ether oxygens (including phenoxy) is 2. The number of phosphoric ester groups is 3. The van der Waals surface area contributed by atoms with Crippen LogP contribution in [0.5, 0.6) is 0 Å². The van der Waals surface area contributed by atoms with Crippen LogP contribution in [0.3, 0.4) is 0 Å². The Kier molecular flexibility index (Phi) is 36.5. The van der Waals surface area contributed by atoms with E-state index < -0.39 is 91.3 Å².